The fourth-order valence-electron chi connectivity index (χ4n) is 3.08. The third-order valence-corrected chi connectivity index (χ3v) is 6.83. The van der Waals surface area contributed by atoms with Gasteiger partial charge in [-0.25, -0.2) is 17.9 Å². The molecule has 1 aliphatic heterocycles. The topological polar surface area (TPSA) is 78.5 Å². The number of hydrogen-bond acceptors (Lipinski definition) is 3. The van der Waals surface area contributed by atoms with Gasteiger partial charge in [0.2, 0.25) is 10.0 Å². The predicted molar refractivity (Wildman–Crippen MR) is 101 cm³/mol. The maximum atomic E-state index is 12.6. The molecule has 0 aromatic heterocycles. The normalized spacial score (nSPS) is 23.7. The summed E-state index contributed by atoms with van der Waals surface area (Å²) in [5.41, 5.74) is -0.522. The van der Waals surface area contributed by atoms with Gasteiger partial charge in [-0.3, -0.25) is 0 Å². The first kappa shape index (κ1) is 22.5. The Hall–Kier alpha value is -1.81. The molecule has 0 spiro atoms. The van der Waals surface area contributed by atoms with Gasteiger partial charge >= 0.3 is 12.2 Å². The average molecular weight is 421 g/mol. The molecule has 3 atom stereocenters. The van der Waals surface area contributed by atoms with Crippen LogP contribution < -0.4 is 10.0 Å². The Labute approximate surface area is 163 Å². The maximum Gasteiger partial charge on any atom is 0.416 e. The summed E-state index contributed by atoms with van der Waals surface area (Å²) in [6, 6.07) is 3.30. The number of benzene rings is 1. The Morgan fingerprint density at radius 3 is 2.25 bits per heavy atom. The van der Waals surface area contributed by atoms with E-state index in [2.05, 4.69) is 10.0 Å². The van der Waals surface area contributed by atoms with E-state index in [4.69, 9.17) is 0 Å². The van der Waals surface area contributed by atoms with E-state index in [1.54, 1.807) is 18.7 Å². The average Bonchev–Trinajstić information content (AvgIpc) is 2.57. The lowest BCUT2D eigenvalue weighted by Crippen LogP contribution is -2.56. The van der Waals surface area contributed by atoms with Gasteiger partial charge in [0.1, 0.15) is 0 Å². The van der Waals surface area contributed by atoms with Crippen LogP contribution in [0.25, 0.3) is 0 Å². The number of nitrogens with one attached hydrogen (secondary N) is 2. The van der Waals surface area contributed by atoms with E-state index in [1.807, 2.05) is 13.8 Å². The van der Waals surface area contributed by atoms with Gasteiger partial charge in [-0.2, -0.15) is 13.2 Å². The second-order valence-electron chi connectivity index (χ2n) is 7.54. The minimum Gasteiger partial charge on any atom is -0.321 e. The third-order valence-electron chi connectivity index (χ3n) is 4.96. The molecule has 3 unspecified atom stereocenters. The first-order valence-electron chi connectivity index (χ1n) is 9.07. The number of amides is 2. The lowest BCUT2D eigenvalue weighted by molar-refractivity contribution is -0.137. The van der Waals surface area contributed by atoms with Crippen molar-refractivity contribution in [2.24, 2.45) is 5.92 Å². The van der Waals surface area contributed by atoms with E-state index >= 15 is 0 Å². The Bertz CT molecular complexity index is 795. The van der Waals surface area contributed by atoms with Gasteiger partial charge in [0.15, 0.2) is 0 Å². The number of sulfonamides is 1. The summed E-state index contributed by atoms with van der Waals surface area (Å²) in [6.07, 6.45) is -3.98. The maximum absolute atomic E-state index is 12.6. The highest BCUT2D eigenvalue weighted by molar-refractivity contribution is 7.90. The molecule has 1 saturated heterocycles. The van der Waals surface area contributed by atoms with E-state index in [1.165, 1.54) is 12.1 Å². The predicted octanol–water partition coefficient (Wildman–Crippen LogP) is 3.66. The van der Waals surface area contributed by atoms with Crippen molar-refractivity contribution in [1.82, 2.24) is 9.62 Å². The highest BCUT2D eigenvalue weighted by Gasteiger charge is 2.36. The van der Waals surface area contributed by atoms with Crippen LogP contribution in [0.1, 0.15) is 39.7 Å². The first-order chi connectivity index (χ1) is 12.8. The Morgan fingerprint density at radius 2 is 1.75 bits per heavy atom. The number of nitrogens with zero attached hydrogens (tertiary/aromatic N) is 1. The Balaban J connectivity index is 2.02. The number of hydrogen-bond donors (Lipinski definition) is 2. The number of urea groups is 1. The van der Waals surface area contributed by atoms with Gasteiger partial charge in [0.05, 0.1) is 10.8 Å². The second-order valence-corrected chi connectivity index (χ2v) is 9.81. The van der Waals surface area contributed by atoms with E-state index < -0.39 is 33.0 Å². The summed E-state index contributed by atoms with van der Waals surface area (Å²) in [7, 11) is -3.42. The summed E-state index contributed by atoms with van der Waals surface area (Å²) in [6.45, 7) is 7.21. The fraction of sp³-hybridized carbons (Fsp3) is 0.611. The van der Waals surface area contributed by atoms with Crippen LogP contribution in [-0.2, 0) is 16.2 Å². The fourth-order valence-corrected chi connectivity index (χ4v) is 4.10. The Kier molecular flexibility index (Phi) is 6.65. The molecule has 2 N–H and O–H groups in total. The quantitative estimate of drug-likeness (QED) is 0.779. The molecule has 2 amide bonds. The Morgan fingerprint density at radius 1 is 1.18 bits per heavy atom. The van der Waals surface area contributed by atoms with Gasteiger partial charge in [0.25, 0.3) is 0 Å². The molecule has 6 nitrogen and oxygen atoms in total. The van der Waals surface area contributed by atoms with E-state index in [0.29, 0.717) is 13.0 Å². The van der Waals surface area contributed by atoms with Crippen molar-refractivity contribution >= 4 is 21.7 Å². The molecule has 10 heteroatoms. The molecule has 0 aliphatic carbocycles. The van der Waals surface area contributed by atoms with E-state index in [-0.39, 0.29) is 23.7 Å². The summed E-state index contributed by atoms with van der Waals surface area (Å²) in [4.78, 5) is 14.1. The molecule has 0 bridgehead atoms. The molecule has 1 aromatic carbocycles. The van der Waals surface area contributed by atoms with E-state index in [9.17, 15) is 26.4 Å². The van der Waals surface area contributed by atoms with Crippen LogP contribution in [-0.4, -0.2) is 43.2 Å². The SMILES string of the molecule is CC1CN(C(=O)Nc2ccc(C(F)(F)F)cc2)C(C)CC1NS(=O)(=O)C(C)C. The first-order valence-corrected chi connectivity index (χ1v) is 10.6. The molecule has 1 aliphatic rings. The summed E-state index contributed by atoms with van der Waals surface area (Å²) < 4.78 is 64.8. The standard InChI is InChI=1S/C18H26F3N3O3S/c1-11(2)28(26,27)23-16-9-13(4)24(10-12(16)3)17(25)22-15-7-5-14(6-8-15)18(19,20)21/h5-8,11-13,16,23H,9-10H2,1-4H3,(H,22,25). The zero-order chi connectivity index (χ0) is 21.3. The lowest BCUT2D eigenvalue weighted by atomic mass is 9.90. The smallest absolute Gasteiger partial charge is 0.321 e. The van der Waals surface area contributed by atoms with Crippen LogP contribution in [0.2, 0.25) is 0 Å². The number of anilines is 1. The van der Waals surface area contributed by atoms with Gasteiger partial charge in [-0.1, -0.05) is 6.92 Å². The van der Waals surface area contributed by atoms with Crippen molar-refractivity contribution in [2.45, 2.75) is 57.6 Å². The zero-order valence-electron chi connectivity index (χ0n) is 16.2. The monoisotopic (exact) mass is 421 g/mol. The number of alkyl halides is 3. The number of carbonyl (C=O) groups is 1. The molecule has 1 fully saturated rings. The molecular formula is C18H26F3N3O3S. The van der Waals surface area contributed by atoms with Crippen molar-refractivity contribution < 1.29 is 26.4 Å². The third kappa shape index (κ3) is 5.38. The second kappa shape index (κ2) is 8.28. The molecule has 0 radical (unpaired) electrons. The van der Waals surface area contributed by atoms with Crippen LogP contribution in [0.5, 0.6) is 0 Å². The molecule has 1 heterocycles. The molecule has 158 valence electrons. The molecule has 1 aromatic rings. The van der Waals surface area contributed by atoms with Crippen molar-refractivity contribution in [1.29, 1.82) is 0 Å². The molecule has 0 saturated carbocycles. The minimum absolute atomic E-state index is 0.108. The number of rotatable bonds is 4. The van der Waals surface area contributed by atoms with Crippen molar-refractivity contribution in [3.05, 3.63) is 29.8 Å². The van der Waals surface area contributed by atoms with Gasteiger partial charge in [-0.15, -0.1) is 0 Å². The van der Waals surface area contributed by atoms with Crippen molar-refractivity contribution in [3.8, 4) is 0 Å². The van der Waals surface area contributed by atoms with Crippen LogP contribution >= 0.6 is 0 Å². The largest absolute Gasteiger partial charge is 0.416 e. The van der Waals surface area contributed by atoms with Gasteiger partial charge in [0, 0.05) is 24.3 Å². The van der Waals surface area contributed by atoms with Crippen LogP contribution in [0.3, 0.4) is 0 Å². The van der Waals surface area contributed by atoms with Crippen molar-refractivity contribution in [3.63, 3.8) is 0 Å². The number of carbonyl (C=O) groups excluding carboxylic acids is 1. The highest BCUT2D eigenvalue weighted by Crippen LogP contribution is 2.30. The zero-order valence-corrected chi connectivity index (χ0v) is 17.1. The van der Waals surface area contributed by atoms with Gasteiger partial charge in [-0.05, 0) is 57.4 Å². The summed E-state index contributed by atoms with van der Waals surface area (Å²) >= 11 is 0. The van der Waals surface area contributed by atoms with Crippen LogP contribution in [0, 0.1) is 5.92 Å². The lowest BCUT2D eigenvalue weighted by Gasteiger charge is -2.41. The minimum atomic E-state index is -4.43. The molecule has 2 rings (SSSR count). The summed E-state index contributed by atoms with van der Waals surface area (Å²) in [5, 5.41) is 2.06. The van der Waals surface area contributed by atoms with Crippen LogP contribution in [0.15, 0.2) is 24.3 Å². The number of likely N-dealkylation sites (tertiary alicyclic amines) is 1. The van der Waals surface area contributed by atoms with Gasteiger partial charge < -0.3 is 10.2 Å². The van der Waals surface area contributed by atoms with E-state index in [0.717, 1.165) is 12.1 Å². The highest BCUT2D eigenvalue weighted by atomic mass is 32.2. The van der Waals surface area contributed by atoms with Crippen molar-refractivity contribution in [2.75, 3.05) is 11.9 Å². The molecule has 28 heavy (non-hydrogen) atoms. The van der Waals surface area contributed by atoms with Crippen LogP contribution in [0.4, 0.5) is 23.7 Å². The number of halogens is 3. The number of piperidine rings is 1. The summed E-state index contributed by atoms with van der Waals surface area (Å²) in [5.74, 6) is -0.108. The molecular weight excluding hydrogens is 395 g/mol.